The van der Waals surface area contributed by atoms with Crippen molar-refractivity contribution in [1.82, 2.24) is 15.5 Å². The van der Waals surface area contributed by atoms with Gasteiger partial charge in [-0.25, -0.2) is 0 Å². The van der Waals surface area contributed by atoms with Gasteiger partial charge >= 0.3 is 0 Å². The number of aromatic hydroxyl groups is 2. The molecular formula is C11H11N3O4. The van der Waals surface area contributed by atoms with E-state index in [2.05, 4.69) is 15.5 Å². The summed E-state index contributed by atoms with van der Waals surface area (Å²) in [5.41, 5.74) is 0.146. The van der Waals surface area contributed by atoms with Crippen LogP contribution in [0.25, 0.3) is 0 Å². The third kappa shape index (κ3) is 2.76. The van der Waals surface area contributed by atoms with Crippen molar-refractivity contribution in [2.24, 2.45) is 0 Å². The minimum absolute atomic E-state index is 0.104. The van der Waals surface area contributed by atoms with Crippen molar-refractivity contribution in [2.75, 3.05) is 0 Å². The molecule has 1 aromatic heterocycles. The molecule has 0 atom stereocenters. The Morgan fingerprint density at radius 1 is 1.33 bits per heavy atom. The molecule has 2 rings (SSSR count). The van der Waals surface area contributed by atoms with Crippen molar-refractivity contribution in [3.63, 3.8) is 0 Å². The van der Waals surface area contributed by atoms with Crippen LogP contribution >= 0.6 is 0 Å². The van der Waals surface area contributed by atoms with E-state index in [1.807, 2.05) is 0 Å². The first-order valence-electron chi connectivity index (χ1n) is 5.15. The summed E-state index contributed by atoms with van der Waals surface area (Å²) < 4.78 is 4.75. The molecule has 3 N–H and O–H groups in total. The lowest BCUT2D eigenvalue weighted by atomic mass is 10.2. The lowest BCUT2D eigenvalue weighted by Crippen LogP contribution is -2.23. The van der Waals surface area contributed by atoms with E-state index in [1.54, 1.807) is 6.92 Å². The van der Waals surface area contributed by atoms with Gasteiger partial charge in [-0.15, -0.1) is 0 Å². The summed E-state index contributed by atoms with van der Waals surface area (Å²) in [6, 6.07) is 3.63. The number of benzene rings is 1. The average Bonchev–Trinajstić information content (AvgIpc) is 2.70. The lowest BCUT2D eigenvalue weighted by molar-refractivity contribution is 0.0949. The number of nitrogens with zero attached hydrogens (tertiary/aromatic N) is 2. The first kappa shape index (κ1) is 11.9. The maximum atomic E-state index is 11.7. The van der Waals surface area contributed by atoms with E-state index in [1.165, 1.54) is 12.1 Å². The molecule has 1 aromatic carbocycles. The fraction of sp³-hybridized carbons (Fsp3) is 0.182. The largest absolute Gasteiger partial charge is 0.508 e. The summed E-state index contributed by atoms with van der Waals surface area (Å²) in [6.45, 7) is 1.75. The smallest absolute Gasteiger partial charge is 0.251 e. The molecule has 7 heteroatoms. The Morgan fingerprint density at radius 3 is 2.56 bits per heavy atom. The van der Waals surface area contributed by atoms with Crippen LogP contribution in [-0.2, 0) is 6.54 Å². The number of carbonyl (C=O) groups is 1. The molecule has 0 fully saturated rings. The van der Waals surface area contributed by atoms with Gasteiger partial charge in [-0.2, -0.15) is 4.98 Å². The van der Waals surface area contributed by atoms with Gasteiger partial charge in [0.25, 0.3) is 5.91 Å². The number of nitrogens with one attached hydrogen (secondary N) is 1. The van der Waals surface area contributed by atoms with Crippen LogP contribution in [0.5, 0.6) is 11.5 Å². The Balaban J connectivity index is 2.03. The number of carbonyl (C=O) groups excluding carboxylic acids is 1. The zero-order valence-corrected chi connectivity index (χ0v) is 9.54. The zero-order chi connectivity index (χ0) is 13.1. The predicted molar refractivity (Wildman–Crippen MR) is 60.0 cm³/mol. The number of amides is 1. The minimum atomic E-state index is -0.455. The number of aromatic nitrogens is 2. The zero-order valence-electron chi connectivity index (χ0n) is 9.54. The highest BCUT2D eigenvalue weighted by Crippen LogP contribution is 2.20. The number of hydrogen-bond acceptors (Lipinski definition) is 6. The molecule has 94 valence electrons. The number of phenols is 2. The minimum Gasteiger partial charge on any atom is -0.508 e. The van der Waals surface area contributed by atoms with E-state index in [9.17, 15) is 15.0 Å². The maximum Gasteiger partial charge on any atom is 0.251 e. The maximum absolute atomic E-state index is 11.7. The van der Waals surface area contributed by atoms with E-state index >= 15 is 0 Å². The summed E-state index contributed by atoms with van der Waals surface area (Å²) in [5, 5.41) is 24.7. The molecule has 0 spiro atoms. The van der Waals surface area contributed by atoms with Crippen LogP contribution in [0.15, 0.2) is 22.7 Å². The predicted octanol–water partition coefficient (Wildman–Crippen LogP) is 0.719. The molecule has 0 radical (unpaired) electrons. The normalized spacial score (nSPS) is 10.3. The highest BCUT2D eigenvalue weighted by Gasteiger charge is 2.10. The van der Waals surface area contributed by atoms with Crippen LogP contribution < -0.4 is 5.32 Å². The molecule has 0 saturated heterocycles. The fourth-order valence-electron chi connectivity index (χ4n) is 1.40. The average molecular weight is 249 g/mol. The van der Waals surface area contributed by atoms with Crippen LogP contribution in [0, 0.1) is 6.92 Å². The van der Waals surface area contributed by atoms with Gasteiger partial charge in [0.15, 0.2) is 5.82 Å². The second-order valence-corrected chi connectivity index (χ2v) is 3.65. The van der Waals surface area contributed by atoms with Crippen LogP contribution in [-0.4, -0.2) is 26.3 Å². The van der Waals surface area contributed by atoms with Gasteiger partial charge in [0.1, 0.15) is 11.5 Å². The molecule has 0 aliphatic carbocycles. The number of hydrogen-bond donors (Lipinski definition) is 3. The van der Waals surface area contributed by atoms with Crippen molar-refractivity contribution in [2.45, 2.75) is 13.5 Å². The summed E-state index contributed by atoms with van der Waals surface area (Å²) in [4.78, 5) is 15.6. The van der Waals surface area contributed by atoms with Gasteiger partial charge in [-0.05, 0) is 12.1 Å². The Labute approximate surface area is 102 Å². The molecule has 18 heavy (non-hydrogen) atoms. The molecule has 1 heterocycles. The summed E-state index contributed by atoms with van der Waals surface area (Å²) in [6.07, 6.45) is 0. The quantitative estimate of drug-likeness (QED) is 0.739. The van der Waals surface area contributed by atoms with Crippen molar-refractivity contribution >= 4 is 5.91 Å². The molecular weight excluding hydrogens is 238 g/mol. The van der Waals surface area contributed by atoms with Gasteiger partial charge in [0.2, 0.25) is 5.89 Å². The van der Waals surface area contributed by atoms with E-state index in [4.69, 9.17) is 4.52 Å². The molecule has 0 aliphatic rings. The molecule has 0 saturated carbocycles. The standard InChI is InChI=1S/C11H11N3O4/c1-6-13-10(14-18-6)5-12-11(17)7-2-8(15)4-9(16)3-7/h2-4,15-16H,5H2,1H3,(H,12,17). The van der Waals surface area contributed by atoms with E-state index in [0.29, 0.717) is 11.7 Å². The van der Waals surface area contributed by atoms with Crippen LogP contribution in [0.2, 0.25) is 0 Å². The van der Waals surface area contributed by atoms with Crippen molar-refractivity contribution in [3.05, 3.63) is 35.5 Å². The Bertz CT molecular complexity index is 559. The molecule has 1 amide bonds. The van der Waals surface area contributed by atoms with Crippen molar-refractivity contribution < 1.29 is 19.5 Å². The molecule has 0 bridgehead atoms. The third-order valence-electron chi connectivity index (χ3n) is 2.14. The fourth-order valence-corrected chi connectivity index (χ4v) is 1.40. The number of aryl methyl sites for hydroxylation is 1. The van der Waals surface area contributed by atoms with Crippen LogP contribution in [0.3, 0.4) is 0 Å². The van der Waals surface area contributed by atoms with E-state index < -0.39 is 5.91 Å². The van der Waals surface area contributed by atoms with Gasteiger partial charge in [0, 0.05) is 18.6 Å². The van der Waals surface area contributed by atoms with Crippen molar-refractivity contribution in [1.29, 1.82) is 0 Å². The van der Waals surface area contributed by atoms with Gasteiger partial charge in [-0.1, -0.05) is 5.16 Å². The van der Waals surface area contributed by atoms with Crippen LogP contribution in [0.4, 0.5) is 0 Å². The molecule has 0 aliphatic heterocycles. The summed E-state index contributed by atoms with van der Waals surface area (Å²) >= 11 is 0. The SMILES string of the molecule is Cc1nc(CNC(=O)c2cc(O)cc(O)c2)no1. The monoisotopic (exact) mass is 249 g/mol. The van der Waals surface area contributed by atoms with Gasteiger partial charge in [0.05, 0.1) is 6.54 Å². The van der Waals surface area contributed by atoms with Crippen LogP contribution in [0.1, 0.15) is 22.1 Å². The Morgan fingerprint density at radius 2 is 2.00 bits per heavy atom. The number of phenolic OH excluding ortho intramolecular Hbond substituents is 2. The first-order valence-corrected chi connectivity index (χ1v) is 5.15. The Hall–Kier alpha value is -2.57. The highest BCUT2D eigenvalue weighted by molar-refractivity contribution is 5.94. The summed E-state index contributed by atoms with van der Waals surface area (Å²) in [5.74, 6) is -0.0609. The highest BCUT2D eigenvalue weighted by atomic mass is 16.5. The molecule has 2 aromatic rings. The molecule has 0 unspecified atom stereocenters. The molecule has 7 nitrogen and oxygen atoms in total. The first-order chi connectivity index (χ1) is 8.54. The second kappa shape index (κ2) is 4.74. The third-order valence-corrected chi connectivity index (χ3v) is 2.14. The Kier molecular flexibility index (Phi) is 3.13. The van der Waals surface area contributed by atoms with E-state index in [-0.39, 0.29) is 23.6 Å². The number of rotatable bonds is 3. The second-order valence-electron chi connectivity index (χ2n) is 3.65. The topological polar surface area (TPSA) is 108 Å². The summed E-state index contributed by atoms with van der Waals surface area (Å²) in [7, 11) is 0. The lowest BCUT2D eigenvalue weighted by Gasteiger charge is -2.03. The van der Waals surface area contributed by atoms with Crippen molar-refractivity contribution in [3.8, 4) is 11.5 Å². The van der Waals surface area contributed by atoms with Gasteiger partial charge in [-0.3, -0.25) is 4.79 Å². The van der Waals surface area contributed by atoms with E-state index in [0.717, 1.165) is 6.07 Å². The van der Waals surface area contributed by atoms with Gasteiger partial charge < -0.3 is 20.1 Å².